The van der Waals surface area contributed by atoms with Crippen LogP contribution >= 0.6 is 0 Å². The van der Waals surface area contributed by atoms with Gasteiger partial charge in [-0.1, -0.05) is 13.8 Å². The molecule has 1 aromatic rings. The summed E-state index contributed by atoms with van der Waals surface area (Å²) in [6.07, 6.45) is 1.63. The van der Waals surface area contributed by atoms with Gasteiger partial charge in [0.05, 0.1) is 17.8 Å². The third kappa shape index (κ3) is 1.82. The molecule has 4 heteroatoms. The van der Waals surface area contributed by atoms with Crippen molar-refractivity contribution in [3.63, 3.8) is 0 Å². The van der Waals surface area contributed by atoms with Crippen LogP contribution < -0.4 is 16.0 Å². The summed E-state index contributed by atoms with van der Waals surface area (Å²) < 4.78 is 0. The Balaban J connectivity index is 1.94. The average molecular weight is 245 g/mol. The van der Waals surface area contributed by atoms with Crippen LogP contribution in [0.4, 0.5) is 17.1 Å². The number of anilines is 3. The van der Waals surface area contributed by atoms with Crippen molar-refractivity contribution < 1.29 is 4.79 Å². The van der Waals surface area contributed by atoms with Gasteiger partial charge < -0.3 is 16.0 Å². The largest absolute Gasteiger partial charge is 0.397 e. The number of amides is 1. The zero-order valence-electron chi connectivity index (χ0n) is 10.9. The van der Waals surface area contributed by atoms with Gasteiger partial charge in [0.1, 0.15) is 0 Å². The lowest BCUT2D eigenvalue weighted by molar-refractivity contribution is -0.115. The highest BCUT2D eigenvalue weighted by Crippen LogP contribution is 2.38. The molecule has 1 saturated heterocycles. The molecular weight excluding hydrogens is 226 g/mol. The van der Waals surface area contributed by atoms with Crippen molar-refractivity contribution in [3.05, 3.63) is 17.7 Å². The highest BCUT2D eigenvalue weighted by atomic mass is 16.1. The Morgan fingerprint density at radius 3 is 2.83 bits per heavy atom. The van der Waals surface area contributed by atoms with Gasteiger partial charge in [0.25, 0.3) is 0 Å². The topological polar surface area (TPSA) is 58.4 Å². The lowest BCUT2D eigenvalue weighted by Gasteiger charge is -2.23. The van der Waals surface area contributed by atoms with E-state index in [9.17, 15) is 4.79 Å². The molecule has 3 N–H and O–H groups in total. The Labute approximate surface area is 107 Å². The molecule has 0 aliphatic carbocycles. The van der Waals surface area contributed by atoms with E-state index in [2.05, 4.69) is 24.1 Å². The Hall–Kier alpha value is -1.71. The van der Waals surface area contributed by atoms with Crippen molar-refractivity contribution in [2.45, 2.75) is 26.7 Å². The van der Waals surface area contributed by atoms with E-state index in [4.69, 9.17) is 5.73 Å². The zero-order chi connectivity index (χ0) is 12.9. The van der Waals surface area contributed by atoms with E-state index in [1.807, 2.05) is 12.1 Å². The van der Waals surface area contributed by atoms with Gasteiger partial charge in [-0.25, -0.2) is 0 Å². The van der Waals surface area contributed by atoms with Crippen LogP contribution in [0.25, 0.3) is 0 Å². The van der Waals surface area contributed by atoms with Gasteiger partial charge in [-0.2, -0.15) is 0 Å². The first kappa shape index (κ1) is 11.4. The molecule has 1 aromatic carbocycles. The van der Waals surface area contributed by atoms with Crippen molar-refractivity contribution in [1.29, 1.82) is 0 Å². The minimum atomic E-state index is 0.0586. The van der Waals surface area contributed by atoms with E-state index >= 15 is 0 Å². The van der Waals surface area contributed by atoms with Crippen LogP contribution in [0.3, 0.4) is 0 Å². The highest BCUT2D eigenvalue weighted by Gasteiger charge is 2.31. The third-order valence-electron chi connectivity index (χ3n) is 3.90. The van der Waals surface area contributed by atoms with Gasteiger partial charge >= 0.3 is 0 Å². The number of hydrogen-bond acceptors (Lipinski definition) is 3. The fourth-order valence-corrected chi connectivity index (χ4v) is 2.87. The zero-order valence-corrected chi connectivity index (χ0v) is 10.9. The number of nitrogens with two attached hydrogens (primary N) is 1. The summed E-state index contributed by atoms with van der Waals surface area (Å²) in [6.45, 7) is 6.60. The lowest BCUT2D eigenvalue weighted by Crippen LogP contribution is -2.23. The van der Waals surface area contributed by atoms with Crippen LogP contribution in [0.15, 0.2) is 12.1 Å². The summed E-state index contributed by atoms with van der Waals surface area (Å²) in [6, 6.07) is 3.96. The maximum absolute atomic E-state index is 11.4. The molecule has 2 aliphatic rings. The average Bonchev–Trinajstić information content (AvgIpc) is 2.78. The smallest absolute Gasteiger partial charge is 0.228 e. The Kier molecular flexibility index (Phi) is 2.30. The van der Waals surface area contributed by atoms with Crippen molar-refractivity contribution in [1.82, 2.24) is 0 Å². The van der Waals surface area contributed by atoms with Crippen LogP contribution in [0.5, 0.6) is 0 Å². The summed E-state index contributed by atoms with van der Waals surface area (Å²) in [4.78, 5) is 13.7. The molecule has 96 valence electrons. The van der Waals surface area contributed by atoms with Crippen molar-refractivity contribution in [2.24, 2.45) is 5.41 Å². The molecule has 0 saturated carbocycles. The van der Waals surface area contributed by atoms with Crippen LogP contribution in [0.1, 0.15) is 25.8 Å². The van der Waals surface area contributed by atoms with Gasteiger partial charge in [-0.15, -0.1) is 0 Å². The predicted molar refractivity (Wildman–Crippen MR) is 73.8 cm³/mol. The predicted octanol–water partition coefficient (Wildman–Crippen LogP) is 2.00. The van der Waals surface area contributed by atoms with Gasteiger partial charge in [0.15, 0.2) is 0 Å². The minimum absolute atomic E-state index is 0.0586. The number of fused-ring (bicyclic) bond motifs is 1. The molecule has 0 unspecified atom stereocenters. The first-order chi connectivity index (χ1) is 8.44. The molecule has 2 heterocycles. The molecule has 1 amide bonds. The van der Waals surface area contributed by atoms with E-state index in [1.54, 1.807) is 0 Å². The second kappa shape index (κ2) is 3.64. The summed E-state index contributed by atoms with van der Waals surface area (Å²) in [7, 11) is 0. The number of hydrogen-bond donors (Lipinski definition) is 2. The lowest BCUT2D eigenvalue weighted by atomic mass is 9.93. The molecule has 3 rings (SSSR count). The molecule has 0 spiro atoms. The van der Waals surface area contributed by atoms with Crippen LogP contribution in [0, 0.1) is 5.41 Å². The molecule has 0 aromatic heterocycles. The summed E-state index contributed by atoms with van der Waals surface area (Å²) >= 11 is 0. The van der Waals surface area contributed by atoms with E-state index in [0.29, 0.717) is 11.8 Å². The number of nitrogens with zero attached hydrogens (tertiary/aromatic N) is 1. The Morgan fingerprint density at radius 2 is 2.17 bits per heavy atom. The quantitative estimate of drug-likeness (QED) is 0.744. The molecule has 18 heavy (non-hydrogen) atoms. The fourth-order valence-electron chi connectivity index (χ4n) is 2.87. The first-order valence-corrected chi connectivity index (χ1v) is 6.42. The van der Waals surface area contributed by atoms with Gasteiger partial charge in [0, 0.05) is 18.8 Å². The monoisotopic (exact) mass is 245 g/mol. The molecule has 0 radical (unpaired) electrons. The third-order valence-corrected chi connectivity index (χ3v) is 3.90. The highest BCUT2D eigenvalue weighted by molar-refractivity contribution is 6.00. The van der Waals surface area contributed by atoms with E-state index in [0.717, 1.165) is 35.7 Å². The molecule has 0 atom stereocenters. The summed E-state index contributed by atoms with van der Waals surface area (Å²) in [5.41, 5.74) is 10.2. The van der Waals surface area contributed by atoms with Crippen LogP contribution in [-0.2, 0) is 11.2 Å². The maximum atomic E-state index is 11.4. The Bertz CT molecular complexity index is 522. The standard InChI is InChI=1S/C14H19N3O/c1-14(2)3-4-17(8-14)12-7-11-9(5-10(12)15)6-13(18)16-11/h5,7H,3-4,6,8,15H2,1-2H3,(H,16,18). The van der Waals surface area contributed by atoms with Crippen molar-refractivity contribution in [3.8, 4) is 0 Å². The summed E-state index contributed by atoms with van der Waals surface area (Å²) in [5.74, 6) is 0.0586. The van der Waals surface area contributed by atoms with Gasteiger partial charge in [-0.05, 0) is 29.5 Å². The van der Waals surface area contributed by atoms with Gasteiger partial charge in [0.2, 0.25) is 5.91 Å². The first-order valence-electron chi connectivity index (χ1n) is 6.42. The second-order valence-corrected chi connectivity index (χ2v) is 6.13. The normalized spacial score (nSPS) is 21.0. The number of carbonyl (C=O) groups excluding carboxylic acids is 1. The van der Waals surface area contributed by atoms with Crippen molar-refractivity contribution in [2.75, 3.05) is 29.0 Å². The van der Waals surface area contributed by atoms with Crippen LogP contribution in [-0.4, -0.2) is 19.0 Å². The minimum Gasteiger partial charge on any atom is -0.397 e. The molecule has 0 bridgehead atoms. The second-order valence-electron chi connectivity index (χ2n) is 6.13. The fraction of sp³-hybridized carbons (Fsp3) is 0.500. The van der Waals surface area contributed by atoms with E-state index in [-0.39, 0.29) is 5.91 Å². The van der Waals surface area contributed by atoms with Crippen molar-refractivity contribution >= 4 is 23.0 Å². The maximum Gasteiger partial charge on any atom is 0.228 e. The molecular formula is C14H19N3O. The molecule has 2 aliphatic heterocycles. The number of nitrogen functional groups attached to an aromatic ring is 1. The number of nitrogens with one attached hydrogen (secondary N) is 1. The SMILES string of the molecule is CC1(C)CCN(c2cc3c(cc2N)CC(=O)N3)C1. The van der Waals surface area contributed by atoms with Crippen LogP contribution in [0.2, 0.25) is 0 Å². The van der Waals surface area contributed by atoms with E-state index < -0.39 is 0 Å². The Morgan fingerprint density at radius 1 is 1.39 bits per heavy atom. The van der Waals surface area contributed by atoms with E-state index in [1.165, 1.54) is 6.42 Å². The number of carbonyl (C=O) groups is 1. The number of rotatable bonds is 1. The van der Waals surface area contributed by atoms with Gasteiger partial charge in [-0.3, -0.25) is 4.79 Å². The number of benzene rings is 1. The summed E-state index contributed by atoms with van der Waals surface area (Å²) in [5, 5.41) is 2.89. The molecule has 1 fully saturated rings. The molecule has 4 nitrogen and oxygen atoms in total.